The van der Waals surface area contributed by atoms with Gasteiger partial charge in [-0.2, -0.15) is 0 Å². The minimum Gasteiger partial charge on any atom is -0.376 e. The van der Waals surface area contributed by atoms with Crippen LogP contribution in [0.25, 0.3) is 0 Å². The molecule has 1 saturated carbocycles. The molecule has 0 heterocycles. The van der Waals surface area contributed by atoms with Crippen LogP contribution in [0, 0.1) is 13.8 Å². The van der Waals surface area contributed by atoms with E-state index in [2.05, 4.69) is 36.6 Å². The maximum absolute atomic E-state index is 11.9. The molecule has 1 aromatic rings. The largest absolute Gasteiger partial charge is 0.376 e. The van der Waals surface area contributed by atoms with E-state index in [-0.39, 0.29) is 5.91 Å². The highest BCUT2D eigenvalue weighted by Gasteiger charge is 2.15. The molecule has 0 atom stereocenters. The van der Waals surface area contributed by atoms with Crippen molar-refractivity contribution < 1.29 is 4.79 Å². The molecular weight excluding hydrogens is 236 g/mol. The maximum Gasteiger partial charge on any atom is 0.239 e. The highest BCUT2D eigenvalue weighted by Crippen LogP contribution is 2.18. The summed E-state index contributed by atoms with van der Waals surface area (Å²) in [6.45, 7) is 4.50. The molecular formula is C16H24N2O. The molecule has 0 unspecified atom stereocenters. The van der Waals surface area contributed by atoms with Crippen molar-refractivity contribution in [1.29, 1.82) is 0 Å². The Bertz CT molecular complexity index is 436. The number of carbonyl (C=O) groups excluding carboxylic acids is 1. The number of benzene rings is 1. The predicted molar refractivity (Wildman–Crippen MR) is 79.4 cm³/mol. The highest BCUT2D eigenvalue weighted by molar-refractivity contribution is 5.81. The van der Waals surface area contributed by atoms with E-state index in [0.717, 1.165) is 18.5 Å². The molecule has 1 fully saturated rings. The molecule has 0 aliphatic heterocycles. The zero-order chi connectivity index (χ0) is 13.7. The molecule has 0 bridgehead atoms. The Morgan fingerprint density at radius 3 is 2.63 bits per heavy atom. The van der Waals surface area contributed by atoms with Gasteiger partial charge in [0.05, 0.1) is 6.54 Å². The van der Waals surface area contributed by atoms with Crippen LogP contribution in [0.1, 0.15) is 43.2 Å². The molecule has 1 aliphatic rings. The smallest absolute Gasteiger partial charge is 0.239 e. The van der Waals surface area contributed by atoms with Crippen LogP contribution < -0.4 is 10.6 Å². The number of amides is 1. The van der Waals surface area contributed by atoms with E-state index in [0.29, 0.717) is 12.6 Å². The fourth-order valence-electron chi connectivity index (χ4n) is 2.71. The number of carbonyl (C=O) groups is 1. The third-order valence-electron chi connectivity index (χ3n) is 3.79. The van der Waals surface area contributed by atoms with Crippen LogP contribution in [0.5, 0.6) is 0 Å². The summed E-state index contributed by atoms with van der Waals surface area (Å²) in [5.74, 6) is 0.104. The average Bonchev–Trinajstić information content (AvgIpc) is 2.39. The molecule has 19 heavy (non-hydrogen) atoms. The van der Waals surface area contributed by atoms with Gasteiger partial charge in [0.25, 0.3) is 0 Å². The minimum atomic E-state index is 0.104. The van der Waals surface area contributed by atoms with Crippen molar-refractivity contribution in [1.82, 2.24) is 5.32 Å². The topological polar surface area (TPSA) is 41.1 Å². The molecule has 3 nitrogen and oxygen atoms in total. The fraction of sp³-hybridized carbons (Fsp3) is 0.562. The number of anilines is 1. The second-order valence-corrected chi connectivity index (χ2v) is 5.57. The van der Waals surface area contributed by atoms with E-state index in [4.69, 9.17) is 0 Å². The first-order valence-electron chi connectivity index (χ1n) is 7.25. The van der Waals surface area contributed by atoms with Crippen molar-refractivity contribution >= 4 is 11.6 Å². The molecule has 0 saturated heterocycles. The standard InChI is InChI=1S/C16H24N2O/c1-12-8-9-15(13(2)10-12)17-11-16(19)18-14-6-4-3-5-7-14/h8-10,14,17H,3-7,11H2,1-2H3,(H,18,19). The lowest BCUT2D eigenvalue weighted by Gasteiger charge is -2.23. The maximum atomic E-state index is 11.9. The Morgan fingerprint density at radius 1 is 1.21 bits per heavy atom. The Labute approximate surface area is 115 Å². The lowest BCUT2D eigenvalue weighted by Crippen LogP contribution is -2.39. The Morgan fingerprint density at radius 2 is 1.95 bits per heavy atom. The normalized spacial score (nSPS) is 16.1. The van der Waals surface area contributed by atoms with E-state index >= 15 is 0 Å². The highest BCUT2D eigenvalue weighted by atomic mass is 16.1. The fourth-order valence-corrected chi connectivity index (χ4v) is 2.71. The number of rotatable bonds is 4. The van der Waals surface area contributed by atoms with Gasteiger partial charge in [0.1, 0.15) is 0 Å². The Kier molecular flexibility index (Phi) is 4.83. The van der Waals surface area contributed by atoms with Crippen LogP contribution in [0.15, 0.2) is 18.2 Å². The molecule has 0 spiro atoms. The van der Waals surface area contributed by atoms with Crippen LogP contribution in [-0.4, -0.2) is 18.5 Å². The van der Waals surface area contributed by atoms with Crippen molar-refractivity contribution in [3.05, 3.63) is 29.3 Å². The van der Waals surface area contributed by atoms with Crippen molar-refractivity contribution in [2.24, 2.45) is 0 Å². The van der Waals surface area contributed by atoms with Gasteiger partial charge in [-0.1, -0.05) is 37.0 Å². The summed E-state index contributed by atoms with van der Waals surface area (Å²) >= 11 is 0. The SMILES string of the molecule is Cc1ccc(NCC(=O)NC2CCCCC2)c(C)c1. The summed E-state index contributed by atoms with van der Waals surface area (Å²) in [6.07, 6.45) is 6.07. The van der Waals surface area contributed by atoms with Gasteiger partial charge in [-0.05, 0) is 38.3 Å². The number of hydrogen-bond acceptors (Lipinski definition) is 2. The number of aryl methyl sites for hydroxylation is 2. The van der Waals surface area contributed by atoms with E-state index in [9.17, 15) is 4.79 Å². The van der Waals surface area contributed by atoms with Gasteiger partial charge in [-0.3, -0.25) is 4.79 Å². The summed E-state index contributed by atoms with van der Waals surface area (Å²) in [6, 6.07) is 6.62. The predicted octanol–water partition coefficient (Wildman–Crippen LogP) is 3.16. The van der Waals surface area contributed by atoms with Gasteiger partial charge in [0.2, 0.25) is 5.91 Å². The average molecular weight is 260 g/mol. The molecule has 3 heteroatoms. The van der Waals surface area contributed by atoms with Crippen molar-refractivity contribution in [3.63, 3.8) is 0 Å². The van der Waals surface area contributed by atoms with E-state index in [1.54, 1.807) is 0 Å². The Hall–Kier alpha value is -1.51. The van der Waals surface area contributed by atoms with Gasteiger partial charge in [0.15, 0.2) is 0 Å². The molecule has 1 aliphatic carbocycles. The van der Waals surface area contributed by atoms with Crippen LogP contribution >= 0.6 is 0 Å². The van der Waals surface area contributed by atoms with Gasteiger partial charge < -0.3 is 10.6 Å². The van der Waals surface area contributed by atoms with Crippen LogP contribution in [0.2, 0.25) is 0 Å². The molecule has 0 radical (unpaired) electrons. The Balaban J connectivity index is 1.79. The van der Waals surface area contributed by atoms with Crippen LogP contribution in [-0.2, 0) is 4.79 Å². The summed E-state index contributed by atoms with van der Waals surface area (Å²) in [5, 5.41) is 6.34. The first-order chi connectivity index (χ1) is 9.15. The van der Waals surface area contributed by atoms with Crippen molar-refractivity contribution in [2.45, 2.75) is 52.0 Å². The lowest BCUT2D eigenvalue weighted by atomic mass is 9.95. The summed E-state index contributed by atoms with van der Waals surface area (Å²) < 4.78 is 0. The first kappa shape index (κ1) is 13.9. The van der Waals surface area contributed by atoms with Gasteiger partial charge >= 0.3 is 0 Å². The molecule has 2 N–H and O–H groups in total. The zero-order valence-corrected chi connectivity index (χ0v) is 12.0. The van der Waals surface area contributed by atoms with E-state index in [1.807, 2.05) is 6.07 Å². The van der Waals surface area contributed by atoms with Gasteiger partial charge in [-0.15, -0.1) is 0 Å². The van der Waals surface area contributed by atoms with E-state index in [1.165, 1.54) is 30.4 Å². The summed E-state index contributed by atoms with van der Waals surface area (Å²) in [5.41, 5.74) is 3.48. The quantitative estimate of drug-likeness (QED) is 0.873. The molecule has 104 valence electrons. The first-order valence-corrected chi connectivity index (χ1v) is 7.25. The van der Waals surface area contributed by atoms with E-state index < -0.39 is 0 Å². The zero-order valence-electron chi connectivity index (χ0n) is 12.0. The molecule has 1 amide bonds. The summed E-state index contributed by atoms with van der Waals surface area (Å²) in [4.78, 5) is 11.9. The number of nitrogens with one attached hydrogen (secondary N) is 2. The van der Waals surface area contributed by atoms with Crippen LogP contribution in [0.4, 0.5) is 5.69 Å². The van der Waals surface area contributed by atoms with Crippen molar-refractivity contribution in [2.75, 3.05) is 11.9 Å². The van der Waals surface area contributed by atoms with Gasteiger partial charge in [0, 0.05) is 11.7 Å². The monoisotopic (exact) mass is 260 g/mol. The van der Waals surface area contributed by atoms with Crippen molar-refractivity contribution in [3.8, 4) is 0 Å². The minimum absolute atomic E-state index is 0.104. The third-order valence-corrected chi connectivity index (χ3v) is 3.79. The molecule has 1 aromatic carbocycles. The molecule has 2 rings (SSSR count). The number of hydrogen-bond donors (Lipinski definition) is 2. The van der Waals surface area contributed by atoms with Crippen LogP contribution in [0.3, 0.4) is 0 Å². The summed E-state index contributed by atoms with van der Waals surface area (Å²) in [7, 11) is 0. The lowest BCUT2D eigenvalue weighted by molar-refractivity contribution is -0.120. The second-order valence-electron chi connectivity index (χ2n) is 5.57. The molecule has 0 aromatic heterocycles. The second kappa shape index (κ2) is 6.60. The van der Waals surface area contributed by atoms with Gasteiger partial charge in [-0.25, -0.2) is 0 Å². The third kappa shape index (κ3) is 4.27.